The van der Waals surface area contributed by atoms with Crippen molar-refractivity contribution in [3.8, 4) is 0 Å². The molecule has 0 radical (unpaired) electrons. The van der Waals surface area contributed by atoms with Gasteiger partial charge in [0.1, 0.15) is 0 Å². The number of rotatable bonds is 3. The minimum atomic E-state index is 0.655. The maximum Gasteiger partial charge on any atom is 0.0577 e. The van der Waals surface area contributed by atoms with Crippen molar-refractivity contribution in [3.05, 3.63) is 44.0 Å². The van der Waals surface area contributed by atoms with E-state index >= 15 is 0 Å². The third-order valence-electron chi connectivity index (χ3n) is 2.09. The lowest BCUT2D eigenvalue weighted by atomic mass is 10.2. The van der Waals surface area contributed by atoms with Gasteiger partial charge in [-0.25, -0.2) is 0 Å². The first-order chi connectivity index (χ1) is 7.65. The van der Waals surface area contributed by atoms with Crippen molar-refractivity contribution in [2.75, 3.05) is 11.1 Å². The zero-order chi connectivity index (χ0) is 11.5. The Morgan fingerprint density at radius 2 is 2.19 bits per heavy atom. The van der Waals surface area contributed by atoms with E-state index in [0.717, 1.165) is 16.7 Å². The van der Waals surface area contributed by atoms with Crippen LogP contribution in [0.3, 0.4) is 0 Å². The number of hydrogen-bond donors (Lipinski definition) is 2. The SMILES string of the molecule is Nc1cc(Cl)ccc1NCc1cc(Br)cs1. The lowest BCUT2D eigenvalue weighted by molar-refractivity contribution is 1.19. The zero-order valence-corrected chi connectivity index (χ0v) is 11.5. The molecule has 0 fully saturated rings. The Hall–Kier alpha value is -0.710. The van der Waals surface area contributed by atoms with Gasteiger partial charge in [-0.05, 0) is 40.2 Å². The molecule has 2 aromatic rings. The molecule has 1 aromatic carbocycles. The van der Waals surface area contributed by atoms with Crippen LogP contribution in [0.1, 0.15) is 4.88 Å². The van der Waals surface area contributed by atoms with Crippen molar-refractivity contribution in [3.63, 3.8) is 0 Å². The van der Waals surface area contributed by atoms with Gasteiger partial charge in [-0.1, -0.05) is 11.6 Å². The van der Waals surface area contributed by atoms with Gasteiger partial charge in [-0.3, -0.25) is 0 Å². The van der Waals surface area contributed by atoms with Gasteiger partial charge < -0.3 is 11.1 Å². The lowest BCUT2D eigenvalue weighted by Crippen LogP contribution is -2.00. The Balaban J connectivity index is 2.04. The number of anilines is 2. The van der Waals surface area contributed by atoms with Crippen LogP contribution < -0.4 is 11.1 Å². The third kappa shape index (κ3) is 2.90. The van der Waals surface area contributed by atoms with Crippen molar-refractivity contribution in [2.24, 2.45) is 0 Å². The Labute approximate surface area is 112 Å². The van der Waals surface area contributed by atoms with Gasteiger partial charge in [0.15, 0.2) is 0 Å². The van der Waals surface area contributed by atoms with Crippen molar-refractivity contribution in [2.45, 2.75) is 6.54 Å². The first-order valence-electron chi connectivity index (χ1n) is 4.67. The van der Waals surface area contributed by atoms with E-state index < -0.39 is 0 Å². The summed E-state index contributed by atoms with van der Waals surface area (Å²) in [6.45, 7) is 0.766. The summed E-state index contributed by atoms with van der Waals surface area (Å²) in [6.07, 6.45) is 0. The van der Waals surface area contributed by atoms with Crippen molar-refractivity contribution < 1.29 is 0 Å². The second kappa shape index (κ2) is 5.08. The number of nitrogens with two attached hydrogens (primary N) is 1. The highest BCUT2D eigenvalue weighted by Gasteiger charge is 2.01. The van der Waals surface area contributed by atoms with E-state index in [1.54, 1.807) is 17.4 Å². The minimum Gasteiger partial charge on any atom is -0.397 e. The third-order valence-corrected chi connectivity index (χ3v) is 4.02. The van der Waals surface area contributed by atoms with Crippen LogP contribution in [-0.4, -0.2) is 0 Å². The molecule has 1 aromatic heterocycles. The van der Waals surface area contributed by atoms with E-state index in [2.05, 4.69) is 32.7 Å². The first-order valence-corrected chi connectivity index (χ1v) is 6.72. The van der Waals surface area contributed by atoms with Crippen LogP contribution in [0.25, 0.3) is 0 Å². The van der Waals surface area contributed by atoms with E-state index in [1.807, 2.05) is 12.1 Å². The van der Waals surface area contributed by atoms with Gasteiger partial charge in [-0.15, -0.1) is 11.3 Å². The molecule has 0 aliphatic carbocycles. The molecular formula is C11H10BrClN2S. The number of hydrogen-bond acceptors (Lipinski definition) is 3. The molecule has 1 heterocycles. The summed E-state index contributed by atoms with van der Waals surface area (Å²) < 4.78 is 1.11. The summed E-state index contributed by atoms with van der Waals surface area (Å²) >= 11 is 10.9. The van der Waals surface area contributed by atoms with Crippen molar-refractivity contribution in [1.29, 1.82) is 0 Å². The van der Waals surface area contributed by atoms with Gasteiger partial charge in [-0.2, -0.15) is 0 Å². The van der Waals surface area contributed by atoms with Crippen LogP contribution in [0.15, 0.2) is 34.1 Å². The molecule has 16 heavy (non-hydrogen) atoms. The topological polar surface area (TPSA) is 38.0 Å². The van der Waals surface area contributed by atoms with Gasteiger partial charge >= 0.3 is 0 Å². The van der Waals surface area contributed by atoms with Gasteiger partial charge in [0, 0.05) is 26.3 Å². The summed E-state index contributed by atoms with van der Waals surface area (Å²) in [5.74, 6) is 0. The molecule has 3 N–H and O–H groups in total. The molecule has 0 bridgehead atoms. The van der Waals surface area contributed by atoms with Crippen LogP contribution in [0.5, 0.6) is 0 Å². The van der Waals surface area contributed by atoms with Crippen LogP contribution in [0, 0.1) is 0 Å². The fraction of sp³-hybridized carbons (Fsp3) is 0.0909. The lowest BCUT2D eigenvalue weighted by Gasteiger charge is -2.08. The second-order valence-electron chi connectivity index (χ2n) is 3.32. The molecule has 0 saturated heterocycles. The average Bonchev–Trinajstić information content (AvgIpc) is 2.63. The van der Waals surface area contributed by atoms with Crippen molar-refractivity contribution >= 4 is 50.2 Å². The Morgan fingerprint density at radius 1 is 1.38 bits per heavy atom. The number of nitrogen functional groups attached to an aromatic ring is 1. The number of halogens is 2. The Bertz CT molecular complexity index is 498. The highest BCUT2D eigenvalue weighted by Crippen LogP contribution is 2.25. The first kappa shape index (κ1) is 11.8. The largest absolute Gasteiger partial charge is 0.397 e. The van der Waals surface area contributed by atoms with Crippen LogP contribution in [-0.2, 0) is 6.54 Å². The van der Waals surface area contributed by atoms with E-state index in [4.69, 9.17) is 17.3 Å². The number of thiophene rings is 1. The minimum absolute atomic E-state index is 0.655. The summed E-state index contributed by atoms with van der Waals surface area (Å²) in [5.41, 5.74) is 7.42. The monoisotopic (exact) mass is 316 g/mol. The van der Waals surface area contributed by atoms with Crippen LogP contribution in [0.2, 0.25) is 5.02 Å². The highest BCUT2D eigenvalue weighted by molar-refractivity contribution is 9.10. The second-order valence-corrected chi connectivity index (χ2v) is 5.66. The molecule has 84 valence electrons. The van der Waals surface area contributed by atoms with Crippen LogP contribution in [0.4, 0.5) is 11.4 Å². The predicted octanol–water partition coefficient (Wildman–Crippen LogP) is 4.36. The summed E-state index contributed by atoms with van der Waals surface area (Å²) in [4.78, 5) is 1.25. The van der Waals surface area contributed by atoms with Gasteiger partial charge in [0.25, 0.3) is 0 Å². The van der Waals surface area contributed by atoms with E-state index in [0.29, 0.717) is 10.7 Å². The molecule has 0 aliphatic rings. The molecule has 2 nitrogen and oxygen atoms in total. The molecule has 0 amide bonds. The fourth-order valence-electron chi connectivity index (χ4n) is 1.32. The van der Waals surface area contributed by atoms with Crippen LogP contribution >= 0.6 is 38.9 Å². The molecule has 5 heteroatoms. The molecule has 0 saturated carbocycles. The van der Waals surface area contributed by atoms with E-state index in [-0.39, 0.29) is 0 Å². The van der Waals surface area contributed by atoms with Gasteiger partial charge in [0.05, 0.1) is 11.4 Å². The summed E-state index contributed by atoms with van der Waals surface area (Å²) in [6, 6.07) is 7.54. The molecule has 0 atom stereocenters. The molecular weight excluding hydrogens is 308 g/mol. The Morgan fingerprint density at radius 3 is 2.81 bits per heavy atom. The normalized spacial score (nSPS) is 10.4. The average molecular weight is 318 g/mol. The summed E-state index contributed by atoms with van der Waals surface area (Å²) in [5, 5.41) is 5.99. The van der Waals surface area contributed by atoms with E-state index in [9.17, 15) is 0 Å². The molecule has 2 rings (SSSR count). The highest BCUT2D eigenvalue weighted by atomic mass is 79.9. The Kier molecular flexibility index (Phi) is 3.74. The zero-order valence-electron chi connectivity index (χ0n) is 8.34. The maximum absolute atomic E-state index is 5.84. The quantitative estimate of drug-likeness (QED) is 0.826. The van der Waals surface area contributed by atoms with E-state index in [1.165, 1.54) is 4.88 Å². The molecule has 0 spiro atoms. The van der Waals surface area contributed by atoms with Gasteiger partial charge in [0.2, 0.25) is 0 Å². The molecule has 0 unspecified atom stereocenters. The maximum atomic E-state index is 5.84. The fourth-order valence-corrected chi connectivity index (χ4v) is 2.89. The molecule has 0 aliphatic heterocycles. The number of benzene rings is 1. The predicted molar refractivity (Wildman–Crippen MR) is 75.2 cm³/mol. The summed E-state index contributed by atoms with van der Waals surface area (Å²) in [7, 11) is 0. The standard InChI is InChI=1S/C11H10BrClN2S/c12-7-3-9(16-6-7)5-15-11-2-1-8(13)4-10(11)14/h1-4,6,15H,5,14H2. The van der Waals surface area contributed by atoms with Crippen molar-refractivity contribution in [1.82, 2.24) is 0 Å². The smallest absolute Gasteiger partial charge is 0.0577 e. The number of nitrogens with one attached hydrogen (secondary N) is 1.